The molecule has 3 rings (SSSR count). The van der Waals surface area contributed by atoms with Crippen molar-refractivity contribution in [2.75, 3.05) is 43.6 Å². The molecule has 1 aromatic heterocycles. The van der Waals surface area contributed by atoms with Gasteiger partial charge in [-0.05, 0) is 24.3 Å². The fraction of sp³-hybridized carbons (Fsp3) is 0.294. The Morgan fingerprint density at radius 2 is 1.96 bits per heavy atom. The van der Waals surface area contributed by atoms with Crippen molar-refractivity contribution >= 4 is 17.4 Å². The van der Waals surface area contributed by atoms with Crippen LogP contribution in [0.15, 0.2) is 42.5 Å². The standard InChI is InChI=1S/C17H19N3O3/c1-22-15-7-3-2-5-13(15)19-17(21)14-6-4-8-16(18-14)20-9-11-23-12-10-20/h2-8H,9-12H2,1H3,(H,19,21). The van der Waals surface area contributed by atoms with Crippen LogP contribution in [0.5, 0.6) is 5.75 Å². The van der Waals surface area contributed by atoms with E-state index in [1.54, 1.807) is 25.3 Å². The van der Waals surface area contributed by atoms with Gasteiger partial charge in [0.05, 0.1) is 26.0 Å². The molecule has 0 aliphatic carbocycles. The Hall–Kier alpha value is -2.60. The molecule has 23 heavy (non-hydrogen) atoms. The highest BCUT2D eigenvalue weighted by Gasteiger charge is 2.15. The van der Waals surface area contributed by atoms with Crippen LogP contribution < -0.4 is 15.0 Å². The van der Waals surface area contributed by atoms with Crippen LogP contribution in [-0.2, 0) is 4.74 Å². The summed E-state index contributed by atoms with van der Waals surface area (Å²) in [4.78, 5) is 19.0. The summed E-state index contributed by atoms with van der Waals surface area (Å²) in [6, 6.07) is 12.7. The minimum Gasteiger partial charge on any atom is -0.495 e. The number of carbonyl (C=O) groups is 1. The number of pyridine rings is 1. The Kier molecular flexibility index (Phi) is 4.73. The highest BCUT2D eigenvalue weighted by Crippen LogP contribution is 2.23. The molecule has 2 heterocycles. The van der Waals surface area contributed by atoms with Gasteiger partial charge in [-0.1, -0.05) is 18.2 Å². The van der Waals surface area contributed by atoms with E-state index in [4.69, 9.17) is 9.47 Å². The minimum absolute atomic E-state index is 0.260. The monoisotopic (exact) mass is 313 g/mol. The van der Waals surface area contributed by atoms with Crippen LogP contribution in [0.25, 0.3) is 0 Å². The van der Waals surface area contributed by atoms with Gasteiger partial charge in [-0.15, -0.1) is 0 Å². The molecule has 0 radical (unpaired) electrons. The summed E-state index contributed by atoms with van der Waals surface area (Å²) in [6.07, 6.45) is 0. The van der Waals surface area contributed by atoms with Crippen molar-refractivity contribution in [3.05, 3.63) is 48.2 Å². The Morgan fingerprint density at radius 1 is 1.17 bits per heavy atom. The summed E-state index contributed by atoms with van der Waals surface area (Å²) in [7, 11) is 1.57. The highest BCUT2D eigenvalue weighted by molar-refractivity contribution is 6.03. The van der Waals surface area contributed by atoms with Crippen LogP contribution in [-0.4, -0.2) is 44.3 Å². The molecule has 1 aromatic carbocycles. The second-order valence-corrected chi connectivity index (χ2v) is 5.13. The van der Waals surface area contributed by atoms with Crippen LogP contribution in [0, 0.1) is 0 Å². The molecule has 0 atom stereocenters. The molecule has 1 aliphatic rings. The van der Waals surface area contributed by atoms with Gasteiger partial charge in [0.1, 0.15) is 17.3 Å². The largest absolute Gasteiger partial charge is 0.495 e. The van der Waals surface area contributed by atoms with E-state index in [-0.39, 0.29) is 5.91 Å². The van der Waals surface area contributed by atoms with E-state index in [2.05, 4.69) is 15.2 Å². The number of amides is 1. The molecule has 1 amide bonds. The highest BCUT2D eigenvalue weighted by atomic mass is 16.5. The average molecular weight is 313 g/mol. The van der Waals surface area contributed by atoms with Gasteiger partial charge < -0.3 is 19.7 Å². The van der Waals surface area contributed by atoms with Gasteiger partial charge in [-0.3, -0.25) is 4.79 Å². The predicted octanol–water partition coefficient (Wildman–Crippen LogP) is 2.18. The second kappa shape index (κ2) is 7.11. The fourth-order valence-electron chi connectivity index (χ4n) is 2.45. The smallest absolute Gasteiger partial charge is 0.274 e. The molecule has 0 unspecified atom stereocenters. The lowest BCUT2D eigenvalue weighted by atomic mass is 10.2. The number of rotatable bonds is 4. The molecule has 6 nitrogen and oxygen atoms in total. The van der Waals surface area contributed by atoms with Crippen LogP contribution in [0.2, 0.25) is 0 Å². The molecular formula is C17H19N3O3. The molecule has 2 aromatic rings. The molecule has 0 spiro atoms. The van der Waals surface area contributed by atoms with Crippen LogP contribution in [0.3, 0.4) is 0 Å². The number of benzene rings is 1. The van der Waals surface area contributed by atoms with Gasteiger partial charge in [0, 0.05) is 13.1 Å². The first kappa shape index (κ1) is 15.3. The lowest BCUT2D eigenvalue weighted by Crippen LogP contribution is -2.37. The predicted molar refractivity (Wildman–Crippen MR) is 88.2 cm³/mol. The Morgan fingerprint density at radius 3 is 2.74 bits per heavy atom. The number of ether oxygens (including phenoxy) is 2. The molecular weight excluding hydrogens is 294 g/mol. The van der Waals surface area contributed by atoms with Crippen molar-refractivity contribution in [2.24, 2.45) is 0 Å². The van der Waals surface area contributed by atoms with E-state index in [0.717, 1.165) is 18.9 Å². The Labute approximate surface area is 135 Å². The minimum atomic E-state index is -0.260. The van der Waals surface area contributed by atoms with E-state index < -0.39 is 0 Å². The maximum Gasteiger partial charge on any atom is 0.274 e. The number of morpholine rings is 1. The topological polar surface area (TPSA) is 63.7 Å². The molecule has 6 heteroatoms. The number of anilines is 2. The summed E-state index contributed by atoms with van der Waals surface area (Å²) >= 11 is 0. The first-order valence-corrected chi connectivity index (χ1v) is 7.52. The number of carbonyl (C=O) groups excluding carboxylic acids is 1. The van der Waals surface area contributed by atoms with Gasteiger partial charge in [-0.25, -0.2) is 4.98 Å². The maximum absolute atomic E-state index is 12.4. The third-order valence-electron chi connectivity index (χ3n) is 3.66. The van der Waals surface area contributed by atoms with Crippen molar-refractivity contribution in [1.29, 1.82) is 0 Å². The summed E-state index contributed by atoms with van der Waals surface area (Å²) < 4.78 is 10.6. The molecule has 0 saturated carbocycles. The third-order valence-corrected chi connectivity index (χ3v) is 3.66. The fourth-order valence-corrected chi connectivity index (χ4v) is 2.45. The Bertz CT molecular complexity index is 684. The molecule has 0 bridgehead atoms. The van der Waals surface area contributed by atoms with Crippen LogP contribution >= 0.6 is 0 Å². The number of hydrogen-bond acceptors (Lipinski definition) is 5. The average Bonchev–Trinajstić information content (AvgIpc) is 2.63. The molecule has 1 fully saturated rings. The van der Waals surface area contributed by atoms with Crippen molar-refractivity contribution < 1.29 is 14.3 Å². The third kappa shape index (κ3) is 3.60. The van der Waals surface area contributed by atoms with Gasteiger partial charge in [-0.2, -0.15) is 0 Å². The lowest BCUT2D eigenvalue weighted by Gasteiger charge is -2.27. The number of para-hydroxylation sites is 2. The zero-order valence-corrected chi connectivity index (χ0v) is 13.0. The number of hydrogen-bond donors (Lipinski definition) is 1. The first-order chi connectivity index (χ1) is 11.3. The molecule has 1 saturated heterocycles. The summed E-state index contributed by atoms with van der Waals surface area (Å²) in [5.74, 6) is 1.15. The van der Waals surface area contributed by atoms with Gasteiger partial charge in [0.25, 0.3) is 5.91 Å². The number of nitrogens with zero attached hydrogens (tertiary/aromatic N) is 2. The number of methoxy groups -OCH3 is 1. The van der Waals surface area contributed by atoms with E-state index >= 15 is 0 Å². The first-order valence-electron chi connectivity index (χ1n) is 7.52. The van der Waals surface area contributed by atoms with E-state index in [1.165, 1.54) is 0 Å². The van der Waals surface area contributed by atoms with E-state index in [1.807, 2.05) is 24.3 Å². The van der Waals surface area contributed by atoms with Crippen molar-refractivity contribution in [3.63, 3.8) is 0 Å². The van der Waals surface area contributed by atoms with Crippen molar-refractivity contribution in [3.8, 4) is 5.75 Å². The SMILES string of the molecule is COc1ccccc1NC(=O)c1cccc(N2CCOCC2)n1. The van der Waals surface area contributed by atoms with Gasteiger partial charge >= 0.3 is 0 Å². The number of nitrogens with one attached hydrogen (secondary N) is 1. The summed E-state index contributed by atoms with van der Waals surface area (Å²) in [5, 5.41) is 2.84. The van der Waals surface area contributed by atoms with Crippen molar-refractivity contribution in [2.45, 2.75) is 0 Å². The van der Waals surface area contributed by atoms with E-state index in [9.17, 15) is 4.79 Å². The molecule has 120 valence electrons. The summed E-state index contributed by atoms with van der Waals surface area (Å²) in [5.41, 5.74) is 0.999. The maximum atomic E-state index is 12.4. The molecule has 1 N–H and O–H groups in total. The van der Waals surface area contributed by atoms with E-state index in [0.29, 0.717) is 30.3 Å². The van der Waals surface area contributed by atoms with Crippen LogP contribution in [0.1, 0.15) is 10.5 Å². The zero-order valence-electron chi connectivity index (χ0n) is 13.0. The Balaban J connectivity index is 1.77. The molecule has 1 aliphatic heterocycles. The van der Waals surface area contributed by atoms with Crippen molar-refractivity contribution in [1.82, 2.24) is 4.98 Å². The second-order valence-electron chi connectivity index (χ2n) is 5.13. The summed E-state index contributed by atoms with van der Waals surface area (Å²) in [6.45, 7) is 2.92. The number of aromatic nitrogens is 1. The van der Waals surface area contributed by atoms with Gasteiger partial charge in [0.15, 0.2) is 0 Å². The van der Waals surface area contributed by atoms with Gasteiger partial charge in [0.2, 0.25) is 0 Å². The van der Waals surface area contributed by atoms with Crippen LogP contribution in [0.4, 0.5) is 11.5 Å². The quantitative estimate of drug-likeness (QED) is 0.937. The lowest BCUT2D eigenvalue weighted by molar-refractivity contribution is 0.102. The zero-order chi connectivity index (χ0) is 16.1. The normalized spacial score (nSPS) is 14.4.